The Morgan fingerprint density at radius 2 is 1.31 bits per heavy atom. The molecule has 0 aliphatic heterocycles. The van der Waals surface area contributed by atoms with E-state index in [9.17, 15) is 4.79 Å². The Morgan fingerprint density at radius 3 is 1.83 bits per heavy atom. The van der Waals surface area contributed by atoms with Crippen LogP contribution < -0.4 is 9.58 Å². The van der Waals surface area contributed by atoms with Gasteiger partial charge in [-0.25, -0.2) is 0 Å². The van der Waals surface area contributed by atoms with Gasteiger partial charge in [-0.05, 0) is 82.9 Å². The number of carbonyl (C=O) groups excluding carboxylic acids is 1. The molecule has 6 heteroatoms. The van der Waals surface area contributed by atoms with Crippen molar-refractivity contribution in [2.75, 3.05) is 5.01 Å². The lowest BCUT2D eigenvalue weighted by Gasteiger charge is -2.13. The monoisotopic (exact) mass is 480 g/mol. The van der Waals surface area contributed by atoms with E-state index in [4.69, 9.17) is 5.11 Å². The first-order chi connectivity index (χ1) is 17.1. The third-order valence-electron chi connectivity index (χ3n) is 6.35. The number of hydrogen-bond acceptors (Lipinski definition) is 3. The number of nitrogens with zero attached hydrogens (tertiary/aromatic N) is 5. The van der Waals surface area contributed by atoms with Crippen LogP contribution in [0, 0.1) is 48.5 Å². The first-order valence-electron chi connectivity index (χ1n) is 12.1. The summed E-state index contributed by atoms with van der Waals surface area (Å²) < 4.78 is 4.11. The largest absolute Gasteiger partial charge is 0.433 e. The standard InChI is InChI=1S/C30H34N5O/c1-19-9-11-27(12-10-19)35(26(8)36)32-31-30-33(28-22(4)15-20(2)16-23(28)5)13-14-34(30)29-24(6)17-21(3)18-25(29)7/h9-18H,1-8H3/q+1. The average molecular weight is 481 g/mol. The Bertz CT molecular complexity index is 1360. The number of hydrogen-bond donors (Lipinski definition) is 0. The predicted octanol–water partition coefficient (Wildman–Crippen LogP) is 6.96. The molecule has 0 bridgehead atoms. The summed E-state index contributed by atoms with van der Waals surface area (Å²) in [4.78, 5) is 12.5. The number of rotatable bonds is 5. The number of amides is 1. The van der Waals surface area contributed by atoms with E-state index in [2.05, 4.69) is 80.2 Å². The van der Waals surface area contributed by atoms with Gasteiger partial charge in [0.15, 0.2) is 0 Å². The van der Waals surface area contributed by atoms with E-state index in [0.717, 1.165) is 39.2 Å². The number of aryl methyl sites for hydroxylation is 7. The zero-order valence-corrected chi connectivity index (χ0v) is 22.4. The quantitative estimate of drug-likeness (QED) is 0.173. The van der Waals surface area contributed by atoms with Gasteiger partial charge < -0.3 is 0 Å². The van der Waals surface area contributed by atoms with E-state index in [1.165, 1.54) is 23.1 Å². The number of aromatic nitrogens is 2. The van der Waals surface area contributed by atoms with Crippen LogP contribution in [-0.4, -0.2) is 10.5 Å². The van der Waals surface area contributed by atoms with Gasteiger partial charge in [0.2, 0.25) is 5.91 Å². The molecule has 0 aliphatic rings. The Balaban J connectivity index is 1.95. The van der Waals surface area contributed by atoms with E-state index >= 15 is 0 Å². The molecule has 4 aromatic rings. The zero-order chi connectivity index (χ0) is 26.1. The number of imidazole rings is 1. The lowest BCUT2D eigenvalue weighted by Crippen LogP contribution is -2.32. The lowest BCUT2D eigenvalue weighted by atomic mass is 10.0. The average Bonchev–Trinajstić information content (AvgIpc) is 3.16. The lowest BCUT2D eigenvalue weighted by molar-refractivity contribution is -0.581. The van der Waals surface area contributed by atoms with Gasteiger partial charge in [-0.3, -0.25) is 4.79 Å². The highest BCUT2D eigenvalue weighted by atomic mass is 16.2. The fourth-order valence-corrected chi connectivity index (χ4v) is 5.00. The van der Waals surface area contributed by atoms with Crippen molar-refractivity contribution < 1.29 is 9.36 Å². The van der Waals surface area contributed by atoms with Gasteiger partial charge in [0.05, 0.1) is 10.8 Å². The predicted molar refractivity (Wildman–Crippen MR) is 145 cm³/mol. The molecule has 3 aromatic carbocycles. The molecular weight excluding hydrogens is 446 g/mol. The summed E-state index contributed by atoms with van der Waals surface area (Å²) >= 11 is 0. The van der Waals surface area contributed by atoms with Crippen molar-refractivity contribution in [3.8, 4) is 11.4 Å². The van der Waals surface area contributed by atoms with Crippen LogP contribution in [0.2, 0.25) is 0 Å². The highest BCUT2D eigenvalue weighted by Crippen LogP contribution is 2.28. The van der Waals surface area contributed by atoms with E-state index < -0.39 is 0 Å². The van der Waals surface area contributed by atoms with Crippen LogP contribution in [0.25, 0.3) is 11.4 Å². The Labute approximate surface area is 213 Å². The first-order valence-corrected chi connectivity index (χ1v) is 12.1. The van der Waals surface area contributed by atoms with Crippen LogP contribution in [0.3, 0.4) is 0 Å². The normalized spacial score (nSPS) is 11.3. The maximum Gasteiger partial charge on any atom is 0.433 e. The molecule has 36 heavy (non-hydrogen) atoms. The second kappa shape index (κ2) is 9.90. The first kappa shape index (κ1) is 25.0. The van der Waals surface area contributed by atoms with Gasteiger partial charge in [0.1, 0.15) is 23.8 Å². The summed E-state index contributed by atoms with van der Waals surface area (Å²) in [5, 5.41) is 10.5. The van der Waals surface area contributed by atoms with Gasteiger partial charge in [0, 0.05) is 12.1 Å². The maximum absolute atomic E-state index is 12.5. The van der Waals surface area contributed by atoms with Crippen molar-refractivity contribution in [3.05, 3.63) is 99.9 Å². The summed E-state index contributed by atoms with van der Waals surface area (Å²) in [5.41, 5.74) is 10.9. The van der Waals surface area contributed by atoms with Crippen molar-refractivity contribution in [1.82, 2.24) is 4.57 Å². The number of carbonyl (C=O) groups is 1. The van der Waals surface area contributed by atoms with Crippen molar-refractivity contribution in [3.63, 3.8) is 0 Å². The Hall–Kier alpha value is -4.06. The molecular formula is C30H34N5O+. The molecule has 0 N–H and O–H groups in total. The molecule has 6 nitrogen and oxygen atoms in total. The summed E-state index contributed by atoms with van der Waals surface area (Å²) in [6.07, 6.45) is 4.03. The molecule has 0 atom stereocenters. The van der Waals surface area contributed by atoms with E-state index in [1.54, 1.807) is 0 Å². The molecule has 0 spiro atoms. The van der Waals surface area contributed by atoms with Crippen molar-refractivity contribution in [2.45, 2.75) is 55.4 Å². The third-order valence-corrected chi connectivity index (χ3v) is 6.35. The van der Waals surface area contributed by atoms with Crippen molar-refractivity contribution in [1.29, 1.82) is 0 Å². The summed E-state index contributed by atoms with van der Waals surface area (Å²) in [7, 11) is 0. The van der Waals surface area contributed by atoms with E-state index in [-0.39, 0.29) is 5.91 Å². The minimum absolute atomic E-state index is 0.211. The van der Waals surface area contributed by atoms with Crippen LogP contribution in [0.1, 0.15) is 45.9 Å². The second-order valence-corrected chi connectivity index (χ2v) is 9.69. The highest BCUT2D eigenvalue weighted by molar-refractivity contribution is 5.90. The minimum atomic E-state index is -0.211. The fourth-order valence-electron chi connectivity index (χ4n) is 5.00. The van der Waals surface area contributed by atoms with E-state index in [1.807, 2.05) is 43.6 Å². The number of anilines is 1. The third kappa shape index (κ3) is 4.85. The minimum Gasteiger partial charge on any atom is -0.273 e. The molecule has 0 fully saturated rings. The molecule has 4 rings (SSSR count). The molecule has 1 heterocycles. The van der Waals surface area contributed by atoms with Crippen molar-refractivity contribution >= 4 is 17.5 Å². The molecule has 0 saturated heterocycles. The van der Waals surface area contributed by atoms with Gasteiger partial charge >= 0.3 is 5.95 Å². The Morgan fingerprint density at radius 1 is 0.778 bits per heavy atom. The summed E-state index contributed by atoms with van der Waals surface area (Å²) in [5.74, 6) is 0.399. The molecule has 0 saturated carbocycles. The second-order valence-electron chi connectivity index (χ2n) is 9.69. The highest BCUT2D eigenvalue weighted by Gasteiger charge is 2.26. The summed E-state index contributed by atoms with van der Waals surface area (Å²) in [6.45, 7) is 16.1. The van der Waals surface area contributed by atoms with Crippen molar-refractivity contribution in [2.24, 2.45) is 10.3 Å². The molecule has 184 valence electrons. The van der Waals surface area contributed by atoms with Gasteiger partial charge in [-0.2, -0.15) is 14.1 Å². The van der Waals surface area contributed by atoms with Crippen LogP contribution in [0.4, 0.5) is 11.6 Å². The maximum atomic E-state index is 12.5. The van der Waals surface area contributed by atoms with Crippen LogP contribution >= 0.6 is 0 Å². The van der Waals surface area contributed by atoms with Crippen LogP contribution in [-0.2, 0) is 4.79 Å². The number of benzene rings is 3. The van der Waals surface area contributed by atoms with Crippen LogP contribution in [0.15, 0.2) is 71.3 Å². The zero-order valence-electron chi connectivity index (χ0n) is 22.4. The smallest absolute Gasteiger partial charge is 0.273 e. The van der Waals surface area contributed by atoms with E-state index in [0.29, 0.717) is 11.6 Å². The molecule has 0 aliphatic carbocycles. The van der Waals surface area contributed by atoms with Gasteiger partial charge in [0.25, 0.3) is 0 Å². The van der Waals surface area contributed by atoms with Gasteiger partial charge in [-0.1, -0.05) is 53.1 Å². The molecule has 1 aromatic heterocycles. The summed E-state index contributed by atoms with van der Waals surface area (Å²) in [6, 6.07) is 16.4. The van der Waals surface area contributed by atoms with Gasteiger partial charge in [-0.15, -0.1) is 0 Å². The Kier molecular flexibility index (Phi) is 6.88. The topological polar surface area (TPSA) is 53.8 Å². The fraction of sp³-hybridized carbons (Fsp3) is 0.267. The van der Waals surface area contributed by atoms with Crippen LogP contribution in [0.5, 0.6) is 0 Å². The molecule has 1 amide bonds. The molecule has 0 unspecified atom stereocenters. The SMILES string of the molecule is CC(=O)N(N=Nc1n(-c2c(C)cc(C)cc2C)cc[n+]1-c1c(C)cc(C)cc1C)c1ccc(C)cc1. The molecule has 0 radical (unpaired) electrons.